The van der Waals surface area contributed by atoms with Gasteiger partial charge in [0.15, 0.2) is 0 Å². The third kappa shape index (κ3) is 4.09. The number of benzene rings is 1. The van der Waals surface area contributed by atoms with E-state index in [1.165, 1.54) is 45.8 Å². The van der Waals surface area contributed by atoms with Gasteiger partial charge in [-0.2, -0.15) is 0 Å². The molecule has 1 unspecified atom stereocenters. The van der Waals surface area contributed by atoms with Gasteiger partial charge in [0.1, 0.15) is 0 Å². The molecular weight excluding hydrogens is 344 g/mol. The van der Waals surface area contributed by atoms with Crippen molar-refractivity contribution in [2.75, 3.05) is 18.4 Å². The van der Waals surface area contributed by atoms with Crippen LogP contribution in [0.2, 0.25) is 0 Å². The second-order valence-electron chi connectivity index (χ2n) is 5.69. The third-order valence-corrected chi connectivity index (χ3v) is 5.74. The van der Waals surface area contributed by atoms with Crippen molar-refractivity contribution in [3.8, 4) is 0 Å². The Morgan fingerprint density at radius 2 is 2.05 bits per heavy atom. The van der Waals surface area contributed by atoms with Gasteiger partial charge in [0, 0.05) is 17.1 Å². The summed E-state index contributed by atoms with van der Waals surface area (Å²) in [4.78, 5) is 3.89. The minimum Gasteiger partial charge on any atom is -0.378 e. The van der Waals surface area contributed by atoms with Crippen LogP contribution < -0.4 is 5.32 Å². The number of hydrogen-bond donors (Lipinski definition) is 1. The van der Waals surface area contributed by atoms with Gasteiger partial charge in [-0.05, 0) is 78.6 Å². The molecule has 112 valence electrons. The van der Waals surface area contributed by atoms with Crippen LogP contribution in [0.4, 0.5) is 5.69 Å². The highest BCUT2D eigenvalue weighted by atomic mass is 79.9. The predicted octanol–water partition coefficient (Wildman–Crippen LogP) is 5.28. The number of anilines is 1. The molecule has 0 aliphatic carbocycles. The van der Waals surface area contributed by atoms with Gasteiger partial charge in [0.2, 0.25) is 0 Å². The van der Waals surface area contributed by atoms with Gasteiger partial charge in [-0.3, -0.25) is 4.90 Å². The molecule has 21 heavy (non-hydrogen) atoms. The molecule has 4 heteroatoms. The quantitative estimate of drug-likeness (QED) is 0.776. The van der Waals surface area contributed by atoms with E-state index < -0.39 is 0 Å². The monoisotopic (exact) mass is 364 g/mol. The van der Waals surface area contributed by atoms with E-state index in [2.05, 4.69) is 69.5 Å². The van der Waals surface area contributed by atoms with Crippen LogP contribution in [0.5, 0.6) is 0 Å². The van der Waals surface area contributed by atoms with Gasteiger partial charge >= 0.3 is 0 Å². The summed E-state index contributed by atoms with van der Waals surface area (Å²) in [6.45, 7) is 5.79. The van der Waals surface area contributed by atoms with Crippen molar-refractivity contribution in [3.63, 3.8) is 0 Å². The molecule has 2 heterocycles. The Kier molecular flexibility index (Phi) is 4.99. The van der Waals surface area contributed by atoms with Crippen LogP contribution in [0.1, 0.15) is 36.2 Å². The largest absolute Gasteiger partial charge is 0.378 e. The summed E-state index contributed by atoms with van der Waals surface area (Å²) in [6.07, 6.45) is 2.70. The number of nitrogens with zero attached hydrogens (tertiary/aromatic N) is 1. The summed E-state index contributed by atoms with van der Waals surface area (Å²) in [5.74, 6) is 0. The average Bonchev–Trinajstić information content (AvgIpc) is 3.11. The maximum atomic E-state index is 3.61. The summed E-state index contributed by atoms with van der Waals surface area (Å²) in [5, 5.41) is 3.61. The summed E-state index contributed by atoms with van der Waals surface area (Å²) < 4.78 is 1.19. The molecule has 1 saturated heterocycles. The molecule has 1 N–H and O–H groups in total. The smallest absolute Gasteiger partial charge is 0.0702 e. The second kappa shape index (κ2) is 6.95. The molecule has 1 aromatic carbocycles. The van der Waals surface area contributed by atoms with Crippen molar-refractivity contribution < 1.29 is 0 Å². The first-order chi connectivity index (χ1) is 10.2. The third-order valence-electron chi connectivity index (χ3n) is 3.94. The first-order valence-corrected chi connectivity index (χ1v) is 9.15. The fourth-order valence-corrected chi connectivity index (χ4v) is 4.27. The van der Waals surface area contributed by atoms with Crippen LogP contribution in [0.25, 0.3) is 0 Å². The van der Waals surface area contributed by atoms with E-state index in [4.69, 9.17) is 0 Å². The molecule has 1 aliphatic heterocycles. The zero-order chi connectivity index (χ0) is 14.7. The molecule has 1 aromatic heterocycles. The van der Waals surface area contributed by atoms with E-state index in [-0.39, 0.29) is 0 Å². The fourth-order valence-electron chi connectivity index (χ4n) is 2.84. The number of hydrogen-bond acceptors (Lipinski definition) is 3. The van der Waals surface area contributed by atoms with E-state index in [1.54, 1.807) is 11.3 Å². The Hall–Kier alpha value is -0.840. The molecule has 0 radical (unpaired) electrons. The second-order valence-corrected chi connectivity index (χ2v) is 8.19. The molecular formula is C17H21BrN2S. The predicted molar refractivity (Wildman–Crippen MR) is 95.0 cm³/mol. The van der Waals surface area contributed by atoms with Crippen LogP contribution in [-0.2, 0) is 6.54 Å². The standard InChI is InChI=1S/C17H21BrN2S/c1-13(16-7-8-17(18)21-16)19-15-6-4-5-14(11-15)12-20-9-2-3-10-20/h4-8,11,13,19H,2-3,9-10,12H2,1H3. The normalized spacial score (nSPS) is 17.0. The van der Waals surface area contributed by atoms with Crippen molar-refractivity contribution >= 4 is 33.0 Å². The molecule has 0 saturated carbocycles. The lowest BCUT2D eigenvalue weighted by Gasteiger charge is -2.17. The van der Waals surface area contributed by atoms with Crippen LogP contribution >= 0.6 is 27.3 Å². The maximum Gasteiger partial charge on any atom is 0.0702 e. The molecule has 0 bridgehead atoms. The van der Waals surface area contributed by atoms with Crippen molar-refractivity contribution in [2.24, 2.45) is 0 Å². The minimum absolute atomic E-state index is 0.336. The van der Waals surface area contributed by atoms with E-state index in [0.29, 0.717) is 6.04 Å². The van der Waals surface area contributed by atoms with Crippen molar-refractivity contribution in [1.82, 2.24) is 4.90 Å². The molecule has 1 atom stereocenters. The van der Waals surface area contributed by atoms with Gasteiger partial charge < -0.3 is 5.32 Å². The molecule has 1 aliphatic rings. The topological polar surface area (TPSA) is 15.3 Å². The number of nitrogens with one attached hydrogen (secondary N) is 1. The van der Waals surface area contributed by atoms with Gasteiger partial charge in [-0.25, -0.2) is 0 Å². The Bertz CT molecular complexity index is 590. The molecule has 2 nitrogen and oxygen atoms in total. The lowest BCUT2D eigenvalue weighted by Crippen LogP contribution is -2.18. The lowest BCUT2D eigenvalue weighted by atomic mass is 10.1. The lowest BCUT2D eigenvalue weighted by molar-refractivity contribution is 0.331. The van der Waals surface area contributed by atoms with Crippen molar-refractivity contribution in [1.29, 1.82) is 0 Å². The van der Waals surface area contributed by atoms with Crippen LogP contribution in [-0.4, -0.2) is 18.0 Å². The van der Waals surface area contributed by atoms with E-state index in [0.717, 1.165) is 6.54 Å². The highest BCUT2D eigenvalue weighted by Gasteiger charge is 2.12. The van der Waals surface area contributed by atoms with Crippen LogP contribution in [0, 0.1) is 0 Å². The highest BCUT2D eigenvalue weighted by molar-refractivity contribution is 9.11. The molecule has 0 amide bonds. The summed E-state index contributed by atoms with van der Waals surface area (Å²) >= 11 is 5.32. The number of likely N-dealkylation sites (tertiary alicyclic amines) is 1. The number of rotatable bonds is 5. The van der Waals surface area contributed by atoms with Crippen LogP contribution in [0.15, 0.2) is 40.2 Å². The first kappa shape index (κ1) is 15.1. The van der Waals surface area contributed by atoms with Gasteiger partial charge in [0.05, 0.1) is 9.83 Å². The number of thiophene rings is 1. The summed E-state index contributed by atoms with van der Waals surface area (Å²) in [6, 6.07) is 13.5. The first-order valence-electron chi connectivity index (χ1n) is 7.54. The SMILES string of the molecule is CC(Nc1cccc(CN2CCCC2)c1)c1ccc(Br)s1. The van der Waals surface area contributed by atoms with E-state index in [1.807, 2.05) is 0 Å². The van der Waals surface area contributed by atoms with Crippen molar-refractivity contribution in [3.05, 3.63) is 50.6 Å². The van der Waals surface area contributed by atoms with Gasteiger partial charge in [-0.15, -0.1) is 11.3 Å². The zero-order valence-corrected chi connectivity index (χ0v) is 14.7. The Morgan fingerprint density at radius 3 is 2.76 bits per heavy atom. The molecule has 1 fully saturated rings. The van der Waals surface area contributed by atoms with Gasteiger partial charge in [0.25, 0.3) is 0 Å². The fraction of sp³-hybridized carbons (Fsp3) is 0.412. The van der Waals surface area contributed by atoms with Crippen LogP contribution in [0.3, 0.4) is 0 Å². The Morgan fingerprint density at radius 1 is 1.24 bits per heavy atom. The molecule has 0 spiro atoms. The molecule has 2 aromatic rings. The summed E-state index contributed by atoms with van der Waals surface area (Å²) in [5.41, 5.74) is 2.62. The average molecular weight is 365 g/mol. The number of halogens is 1. The summed E-state index contributed by atoms with van der Waals surface area (Å²) in [7, 11) is 0. The zero-order valence-electron chi connectivity index (χ0n) is 12.3. The highest BCUT2D eigenvalue weighted by Crippen LogP contribution is 2.29. The van der Waals surface area contributed by atoms with E-state index >= 15 is 0 Å². The Labute approximate surface area is 139 Å². The minimum atomic E-state index is 0.336. The van der Waals surface area contributed by atoms with E-state index in [9.17, 15) is 0 Å². The van der Waals surface area contributed by atoms with Crippen molar-refractivity contribution in [2.45, 2.75) is 32.4 Å². The molecule has 3 rings (SSSR count). The Balaban J connectivity index is 1.65. The maximum absolute atomic E-state index is 3.61. The van der Waals surface area contributed by atoms with Gasteiger partial charge in [-0.1, -0.05) is 12.1 Å².